The smallest absolute Gasteiger partial charge is 0.328 e. The van der Waals surface area contributed by atoms with Gasteiger partial charge in [0.05, 0.1) is 6.61 Å². The SMILES string of the molecule is O=C(O)/C=C\C(=O)O.c1c(OCCCCN2CC[C@H]3CCCC[C@@H]3C2)nn2c1CCCC2. The van der Waals surface area contributed by atoms with Gasteiger partial charge in [-0.1, -0.05) is 19.3 Å². The van der Waals surface area contributed by atoms with Crippen LogP contribution in [0.3, 0.4) is 0 Å². The van der Waals surface area contributed by atoms with Crippen molar-refractivity contribution in [2.45, 2.75) is 70.8 Å². The van der Waals surface area contributed by atoms with Crippen LogP contribution in [-0.2, 0) is 22.6 Å². The summed E-state index contributed by atoms with van der Waals surface area (Å²) in [5.74, 6) is 0.376. The Morgan fingerprint density at radius 2 is 1.75 bits per heavy atom. The van der Waals surface area contributed by atoms with E-state index in [1.807, 2.05) is 0 Å². The highest BCUT2D eigenvalue weighted by atomic mass is 16.5. The number of likely N-dealkylation sites (tertiary alicyclic amines) is 1. The van der Waals surface area contributed by atoms with E-state index in [4.69, 9.17) is 14.9 Å². The summed E-state index contributed by atoms with van der Waals surface area (Å²) in [6, 6.07) is 2.15. The zero-order valence-corrected chi connectivity index (χ0v) is 19.0. The topological polar surface area (TPSA) is 105 Å². The molecule has 0 unspecified atom stereocenters. The fraction of sp³-hybridized carbons (Fsp3) is 0.708. The van der Waals surface area contributed by atoms with Gasteiger partial charge in [0.15, 0.2) is 0 Å². The number of rotatable bonds is 8. The Morgan fingerprint density at radius 1 is 1.00 bits per heavy atom. The van der Waals surface area contributed by atoms with Crippen LogP contribution in [0.15, 0.2) is 18.2 Å². The molecule has 0 radical (unpaired) electrons. The highest BCUT2D eigenvalue weighted by Crippen LogP contribution is 2.36. The fourth-order valence-electron chi connectivity index (χ4n) is 5.10. The number of hydrogen-bond donors (Lipinski definition) is 2. The molecule has 178 valence electrons. The van der Waals surface area contributed by atoms with Crippen LogP contribution in [-0.4, -0.2) is 63.1 Å². The third-order valence-electron chi connectivity index (χ3n) is 6.76. The Hall–Kier alpha value is -2.35. The number of nitrogens with zero attached hydrogens (tertiary/aromatic N) is 3. The third kappa shape index (κ3) is 7.97. The molecule has 0 amide bonds. The summed E-state index contributed by atoms with van der Waals surface area (Å²) >= 11 is 0. The average molecular weight is 448 g/mol. The van der Waals surface area contributed by atoms with E-state index in [1.165, 1.54) is 76.7 Å². The Balaban J connectivity index is 0.000000312. The maximum Gasteiger partial charge on any atom is 0.328 e. The molecule has 1 aromatic rings. The number of carboxylic acids is 2. The number of piperidine rings is 1. The number of fused-ring (bicyclic) bond motifs is 2. The molecule has 1 saturated carbocycles. The second kappa shape index (κ2) is 12.6. The van der Waals surface area contributed by atoms with Crippen LogP contribution in [0.25, 0.3) is 0 Å². The summed E-state index contributed by atoms with van der Waals surface area (Å²) in [7, 11) is 0. The van der Waals surface area contributed by atoms with E-state index in [0.29, 0.717) is 12.2 Å². The van der Waals surface area contributed by atoms with Crippen LogP contribution < -0.4 is 4.74 Å². The van der Waals surface area contributed by atoms with E-state index >= 15 is 0 Å². The highest BCUT2D eigenvalue weighted by molar-refractivity contribution is 5.89. The lowest BCUT2D eigenvalue weighted by atomic mass is 9.75. The summed E-state index contributed by atoms with van der Waals surface area (Å²) in [4.78, 5) is 21.8. The van der Waals surface area contributed by atoms with Gasteiger partial charge in [0.2, 0.25) is 5.88 Å². The fourth-order valence-corrected chi connectivity index (χ4v) is 5.10. The number of carboxylic acid groups (broad SMARTS) is 2. The monoisotopic (exact) mass is 447 g/mol. The molecule has 0 bridgehead atoms. The highest BCUT2D eigenvalue weighted by Gasteiger charge is 2.30. The zero-order chi connectivity index (χ0) is 22.8. The number of aromatic nitrogens is 2. The third-order valence-corrected chi connectivity index (χ3v) is 6.76. The van der Waals surface area contributed by atoms with Gasteiger partial charge in [0, 0.05) is 37.0 Å². The lowest BCUT2D eigenvalue weighted by Crippen LogP contribution is -2.42. The van der Waals surface area contributed by atoms with Crippen LogP contribution in [0.2, 0.25) is 0 Å². The van der Waals surface area contributed by atoms with E-state index in [-0.39, 0.29) is 0 Å². The van der Waals surface area contributed by atoms with Gasteiger partial charge in [-0.15, -0.1) is 5.10 Å². The molecule has 1 aromatic heterocycles. The molecular weight excluding hydrogens is 410 g/mol. The van der Waals surface area contributed by atoms with E-state index < -0.39 is 11.9 Å². The number of unbranched alkanes of at least 4 members (excludes halogenated alkanes) is 1. The van der Waals surface area contributed by atoms with Crippen LogP contribution in [0.5, 0.6) is 5.88 Å². The molecule has 3 aliphatic rings. The minimum absolute atomic E-state index is 0.558. The van der Waals surface area contributed by atoms with Gasteiger partial charge < -0.3 is 19.8 Å². The number of ether oxygens (including phenoxy) is 1. The van der Waals surface area contributed by atoms with Crippen LogP contribution in [0, 0.1) is 11.8 Å². The van der Waals surface area contributed by atoms with Gasteiger partial charge in [0.1, 0.15) is 0 Å². The maximum atomic E-state index is 9.55. The van der Waals surface area contributed by atoms with Gasteiger partial charge in [0.25, 0.3) is 0 Å². The lowest BCUT2D eigenvalue weighted by Gasteiger charge is -2.41. The summed E-state index contributed by atoms with van der Waals surface area (Å²) in [6.45, 7) is 5.83. The van der Waals surface area contributed by atoms with Crippen molar-refractivity contribution in [3.8, 4) is 5.88 Å². The van der Waals surface area contributed by atoms with Crippen LogP contribution in [0.4, 0.5) is 0 Å². The van der Waals surface area contributed by atoms with Crippen molar-refractivity contribution in [2.24, 2.45) is 11.8 Å². The summed E-state index contributed by atoms with van der Waals surface area (Å²) in [6.07, 6.45) is 14.6. The molecule has 32 heavy (non-hydrogen) atoms. The zero-order valence-electron chi connectivity index (χ0n) is 19.0. The van der Waals surface area contributed by atoms with E-state index in [1.54, 1.807) is 0 Å². The molecule has 4 rings (SSSR count). The molecule has 0 aromatic carbocycles. The Bertz CT molecular complexity index is 736. The molecule has 3 heterocycles. The molecule has 8 heteroatoms. The largest absolute Gasteiger partial charge is 0.478 e. The maximum absolute atomic E-state index is 9.55. The Kier molecular flexibility index (Phi) is 9.59. The summed E-state index contributed by atoms with van der Waals surface area (Å²) < 4.78 is 8.02. The van der Waals surface area contributed by atoms with Crippen LogP contribution >= 0.6 is 0 Å². The second-order valence-corrected chi connectivity index (χ2v) is 9.11. The van der Waals surface area contributed by atoms with Crippen molar-refractivity contribution in [1.29, 1.82) is 0 Å². The molecule has 2 atom stereocenters. The molecule has 1 saturated heterocycles. The molecule has 2 fully saturated rings. The van der Waals surface area contributed by atoms with E-state index in [2.05, 4.69) is 20.7 Å². The molecule has 8 nitrogen and oxygen atoms in total. The molecule has 2 N–H and O–H groups in total. The normalized spacial score (nSPS) is 23.0. The molecule has 1 aliphatic carbocycles. The number of hydrogen-bond acceptors (Lipinski definition) is 5. The number of aliphatic carboxylic acids is 2. The van der Waals surface area contributed by atoms with E-state index in [0.717, 1.165) is 43.7 Å². The minimum atomic E-state index is -1.26. The first-order chi connectivity index (χ1) is 15.5. The van der Waals surface area contributed by atoms with Gasteiger partial charge in [-0.05, 0) is 69.9 Å². The van der Waals surface area contributed by atoms with Crippen molar-refractivity contribution in [1.82, 2.24) is 14.7 Å². The first kappa shape index (κ1) is 24.3. The Morgan fingerprint density at radius 3 is 2.47 bits per heavy atom. The predicted molar refractivity (Wildman–Crippen MR) is 121 cm³/mol. The quantitative estimate of drug-likeness (QED) is 0.463. The van der Waals surface area contributed by atoms with Gasteiger partial charge >= 0.3 is 11.9 Å². The molecule has 2 aliphatic heterocycles. The van der Waals surface area contributed by atoms with Crippen molar-refractivity contribution < 1.29 is 24.5 Å². The molecular formula is C24H37N3O5. The van der Waals surface area contributed by atoms with Crippen LogP contribution in [0.1, 0.15) is 63.5 Å². The number of carbonyl (C=O) groups is 2. The summed E-state index contributed by atoms with van der Waals surface area (Å²) in [5, 5.41) is 20.2. The number of aryl methyl sites for hydroxylation is 2. The Labute approximate surface area is 190 Å². The lowest BCUT2D eigenvalue weighted by molar-refractivity contribution is -0.134. The molecule has 0 spiro atoms. The van der Waals surface area contributed by atoms with Crippen molar-refractivity contribution in [3.63, 3.8) is 0 Å². The first-order valence-corrected chi connectivity index (χ1v) is 12.1. The predicted octanol–water partition coefficient (Wildman–Crippen LogP) is 3.60. The van der Waals surface area contributed by atoms with Gasteiger partial charge in [-0.3, -0.25) is 4.68 Å². The van der Waals surface area contributed by atoms with E-state index in [9.17, 15) is 9.59 Å². The van der Waals surface area contributed by atoms with Crippen molar-refractivity contribution >= 4 is 11.9 Å². The second-order valence-electron chi connectivity index (χ2n) is 9.11. The van der Waals surface area contributed by atoms with Crippen molar-refractivity contribution in [3.05, 3.63) is 23.9 Å². The standard InChI is InChI=1S/C20H33N3O.C4H4O4/c1-2-8-18-16-22(13-10-17(18)7-1)11-5-6-14-24-20-15-19-9-3-4-12-23(19)21-20;5-3(6)1-2-4(7)8/h15,17-18H,1-14,16H2;1-2H,(H,5,6)(H,7,8)/b;2-1-/t17-,18-;/m1./s1. The minimum Gasteiger partial charge on any atom is -0.478 e. The average Bonchev–Trinajstić information content (AvgIpc) is 3.21. The van der Waals surface area contributed by atoms with Gasteiger partial charge in [-0.2, -0.15) is 0 Å². The van der Waals surface area contributed by atoms with Crippen molar-refractivity contribution in [2.75, 3.05) is 26.2 Å². The summed E-state index contributed by atoms with van der Waals surface area (Å²) in [5.41, 5.74) is 1.35. The van der Waals surface area contributed by atoms with Gasteiger partial charge in [-0.25, -0.2) is 9.59 Å². The first-order valence-electron chi connectivity index (χ1n) is 12.1.